The van der Waals surface area contributed by atoms with Crippen molar-refractivity contribution in [1.82, 2.24) is 10.3 Å². The van der Waals surface area contributed by atoms with E-state index in [9.17, 15) is 9.90 Å². The SMILES string of the molecule is COc1ccc(-c2ncc(C(=O)NC(C)(C)CO)s2)cc1. The van der Waals surface area contributed by atoms with Crippen LogP contribution in [0.3, 0.4) is 0 Å². The van der Waals surface area contributed by atoms with E-state index in [2.05, 4.69) is 10.3 Å². The molecule has 0 spiro atoms. The van der Waals surface area contributed by atoms with Gasteiger partial charge in [0.15, 0.2) is 0 Å². The van der Waals surface area contributed by atoms with Crippen LogP contribution >= 0.6 is 11.3 Å². The van der Waals surface area contributed by atoms with Gasteiger partial charge >= 0.3 is 0 Å². The van der Waals surface area contributed by atoms with Gasteiger partial charge in [0.1, 0.15) is 15.6 Å². The molecule has 0 fully saturated rings. The van der Waals surface area contributed by atoms with Crippen LogP contribution in [0.1, 0.15) is 23.5 Å². The molecule has 0 atom stereocenters. The van der Waals surface area contributed by atoms with Gasteiger partial charge in [-0.3, -0.25) is 4.79 Å². The van der Waals surface area contributed by atoms with Crippen LogP contribution in [0.15, 0.2) is 30.5 Å². The normalized spacial score (nSPS) is 11.2. The number of thiazole rings is 1. The smallest absolute Gasteiger partial charge is 0.263 e. The highest BCUT2D eigenvalue weighted by atomic mass is 32.1. The van der Waals surface area contributed by atoms with Crippen molar-refractivity contribution < 1.29 is 14.6 Å². The minimum atomic E-state index is -0.651. The summed E-state index contributed by atoms with van der Waals surface area (Å²) in [5.41, 5.74) is 0.280. The molecule has 0 aliphatic heterocycles. The van der Waals surface area contributed by atoms with Gasteiger partial charge in [-0.1, -0.05) is 0 Å². The molecule has 2 N–H and O–H groups in total. The summed E-state index contributed by atoms with van der Waals surface area (Å²) in [5, 5.41) is 12.7. The van der Waals surface area contributed by atoms with Crippen LogP contribution in [0.2, 0.25) is 0 Å². The molecular weight excluding hydrogens is 288 g/mol. The third-order valence-corrected chi connectivity index (χ3v) is 3.96. The molecule has 21 heavy (non-hydrogen) atoms. The van der Waals surface area contributed by atoms with Crippen molar-refractivity contribution >= 4 is 17.2 Å². The van der Waals surface area contributed by atoms with Crippen molar-refractivity contribution in [2.24, 2.45) is 0 Å². The van der Waals surface area contributed by atoms with Crippen molar-refractivity contribution in [3.63, 3.8) is 0 Å². The number of carbonyl (C=O) groups is 1. The second-order valence-corrected chi connectivity index (χ2v) is 6.28. The zero-order chi connectivity index (χ0) is 15.5. The van der Waals surface area contributed by atoms with Gasteiger partial charge in [0, 0.05) is 5.56 Å². The summed E-state index contributed by atoms with van der Waals surface area (Å²) in [5.74, 6) is 0.546. The van der Waals surface area contributed by atoms with E-state index >= 15 is 0 Å². The second kappa shape index (κ2) is 6.24. The van der Waals surface area contributed by atoms with Gasteiger partial charge in [0.25, 0.3) is 5.91 Å². The van der Waals surface area contributed by atoms with Gasteiger partial charge in [0.2, 0.25) is 0 Å². The molecule has 0 unspecified atom stereocenters. The van der Waals surface area contributed by atoms with Crippen molar-refractivity contribution in [2.75, 3.05) is 13.7 Å². The van der Waals surface area contributed by atoms with E-state index < -0.39 is 5.54 Å². The highest BCUT2D eigenvalue weighted by molar-refractivity contribution is 7.16. The van der Waals surface area contributed by atoms with Crippen LogP contribution in [0, 0.1) is 0 Å². The van der Waals surface area contributed by atoms with E-state index in [0.717, 1.165) is 16.3 Å². The van der Waals surface area contributed by atoms with E-state index in [-0.39, 0.29) is 12.5 Å². The molecular formula is C15H18N2O3S. The van der Waals surface area contributed by atoms with Gasteiger partial charge in [0.05, 0.1) is 25.5 Å². The first kappa shape index (κ1) is 15.5. The van der Waals surface area contributed by atoms with Crippen LogP contribution in [0.5, 0.6) is 5.75 Å². The Kier molecular flexibility index (Phi) is 4.59. The molecule has 6 heteroatoms. The van der Waals surface area contributed by atoms with Crippen LogP contribution in [0.25, 0.3) is 10.6 Å². The van der Waals surface area contributed by atoms with Crippen LogP contribution < -0.4 is 10.1 Å². The Morgan fingerprint density at radius 3 is 2.62 bits per heavy atom. The molecule has 0 aliphatic rings. The summed E-state index contributed by atoms with van der Waals surface area (Å²) in [6.07, 6.45) is 1.55. The number of rotatable bonds is 5. The zero-order valence-electron chi connectivity index (χ0n) is 12.2. The number of methoxy groups -OCH3 is 1. The molecule has 2 rings (SSSR count). The first-order valence-corrected chi connectivity index (χ1v) is 7.30. The third kappa shape index (κ3) is 3.80. The number of nitrogens with zero attached hydrogens (tertiary/aromatic N) is 1. The summed E-state index contributed by atoms with van der Waals surface area (Å²) >= 11 is 1.31. The molecule has 112 valence electrons. The lowest BCUT2D eigenvalue weighted by atomic mass is 10.1. The maximum Gasteiger partial charge on any atom is 0.263 e. The molecule has 2 aromatic rings. The molecule has 1 heterocycles. The fraction of sp³-hybridized carbons (Fsp3) is 0.333. The number of carbonyl (C=O) groups excluding carboxylic acids is 1. The number of benzene rings is 1. The Balaban J connectivity index is 2.15. The van der Waals surface area contributed by atoms with Crippen molar-refractivity contribution in [1.29, 1.82) is 0 Å². The summed E-state index contributed by atoms with van der Waals surface area (Å²) in [7, 11) is 1.61. The topological polar surface area (TPSA) is 71.5 Å². The van der Waals surface area contributed by atoms with Crippen molar-refractivity contribution in [3.05, 3.63) is 35.3 Å². The molecule has 0 bridgehead atoms. The number of ether oxygens (including phenoxy) is 1. The van der Waals surface area contributed by atoms with Gasteiger partial charge in [-0.25, -0.2) is 4.98 Å². The molecule has 1 aromatic carbocycles. The van der Waals surface area contributed by atoms with Gasteiger partial charge < -0.3 is 15.2 Å². The Hall–Kier alpha value is -1.92. The maximum atomic E-state index is 12.1. The average molecular weight is 306 g/mol. The van der Waals surface area contributed by atoms with Crippen molar-refractivity contribution in [3.8, 4) is 16.3 Å². The lowest BCUT2D eigenvalue weighted by molar-refractivity contribution is 0.0873. The Morgan fingerprint density at radius 1 is 1.38 bits per heavy atom. The third-order valence-electron chi connectivity index (χ3n) is 2.91. The molecule has 0 saturated carbocycles. The lowest BCUT2D eigenvalue weighted by Crippen LogP contribution is -2.46. The van der Waals surface area contributed by atoms with Gasteiger partial charge in [-0.15, -0.1) is 11.3 Å². The maximum absolute atomic E-state index is 12.1. The fourth-order valence-electron chi connectivity index (χ4n) is 1.65. The van der Waals surface area contributed by atoms with Gasteiger partial charge in [-0.2, -0.15) is 0 Å². The number of aliphatic hydroxyl groups excluding tert-OH is 1. The molecule has 0 aliphatic carbocycles. The standard InChI is InChI=1S/C15H18N2O3S/c1-15(2,9-18)17-13(19)12-8-16-14(21-12)10-4-6-11(20-3)7-5-10/h4-8,18H,9H2,1-3H3,(H,17,19). The number of aliphatic hydroxyl groups is 1. The lowest BCUT2D eigenvalue weighted by Gasteiger charge is -2.22. The summed E-state index contributed by atoms with van der Waals surface area (Å²) in [6.45, 7) is 3.40. The van der Waals surface area contributed by atoms with Crippen LogP contribution in [-0.2, 0) is 0 Å². The van der Waals surface area contributed by atoms with E-state index in [0.29, 0.717) is 4.88 Å². The van der Waals surface area contributed by atoms with E-state index in [1.165, 1.54) is 11.3 Å². The van der Waals surface area contributed by atoms with E-state index in [1.54, 1.807) is 27.2 Å². The molecule has 0 saturated heterocycles. The van der Waals surface area contributed by atoms with Crippen LogP contribution in [-0.4, -0.2) is 35.3 Å². The summed E-state index contributed by atoms with van der Waals surface area (Å²) in [6, 6.07) is 7.50. The number of hydrogen-bond donors (Lipinski definition) is 2. The van der Waals surface area contributed by atoms with Gasteiger partial charge in [-0.05, 0) is 38.1 Å². The second-order valence-electron chi connectivity index (χ2n) is 5.25. The number of nitrogens with one attached hydrogen (secondary N) is 1. The molecule has 0 radical (unpaired) electrons. The number of amides is 1. The van der Waals surface area contributed by atoms with E-state index in [1.807, 2.05) is 24.3 Å². The predicted octanol–water partition coefficient (Wildman–Crippen LogP) is 2.32. The highest BCUT2D eigenvalue weighted by Gasteiger charge is 2.21. The summed E-state index contributed by atoms with van der Waals surface area (Å²) < 4.78 is 5.11. The van der Waals surface area contributed by atoms with Crippen LogP contribution in [0.4, 0.5) is 0 Å². The monoisotopic (exact) mass is 306 g/mol. The summed E-state index contributed by atoms with van der Waals surface area (Å²) in [4.78, 5) is 16.9. The largest absolute Gasteiger partial charge is 0.497 e. The first-order chi connectivity index (χ1) is 9.95. The van der Waals surface area contributed by atoms with E-state index in [4.69, 9.17) is 4.74 Å². The minimum absolute atomic E-state index is 0.122. The number of hydrogen-bond acceptors (Lipinski definition) is 5. The Labute approximate surface area is 127 Å². The molecule has 5 nitrogen and oxygen atoms in total. The Bertz CT molecular complexity index is 620. The first-order valence-electron chi connectivity index (χ1n) is 6.49. The average Bonchev–Trinajstić information content (AvgIpc) is 2.97. The fourth-order valence-corrected chi connectivity index (χ4v) is 2.47. The zero-order valence-corrected chi connectivity index (χ0v) is 13.0. The number of aromatic nitrogens is 1. The highest BCUT2D eigenvalue weighted by Crippen LogP contribution is 2.27. The predicted molar refractivity (Wildman–Crippen MR) is 82.7 cm³/mol. The Morgan fingerprint density at radius 2 is 2.05 bits per heavy atom. The van der Waals surface area contributed by atoms with Crippen molar-refractivity contribution in [2.45, 2.75) is 19.4 Å². The molecule has 1 amide bonds. The minimum Gasteiger partial charge on any atom is -0.497 e. The quantitative estimate of drug-likeness (QED) is 0.889. The molecule has 1 aromatic heterocycles.